The number of methoxy groups -OCH3 is 1. The number of aliphatic hydroxyl groups is 1. The van der Waals surface area contributed by atoms with Gasteiger partial charge in [0.25, 0.3) is 5.91 Å². The maximum Gasteiger partial charge on any atom is 0.257 e. The maximum atomic E-state index is 11.8. The first-order valence-electron chi connectivity index (χ1n) is 5.88. The summed E-state index contributed by atoms with van der Waals surface area (Å²) in [6.07, 6.45) is 0.374. The molecule has 0 radical (unpaired) electrons. The first-order chi connectivity index (χ1) is 9.54. The summed E-state index contributed by atoms with van der Waals surface area (Å²) in [5.41, 5.74) is 0.721. The lowest BCUT2D eigenvalue weighted by Crippen LogP contribution is -2.36. The summed E-state index contributed by atoms with van der Waals surface area (Å²) in [7, 11) is 1.54. The molecule has 3 N–H and O–H groups in total. The van der Waals surface area contributed by atoms with Crippen LogP contribution in [0.4, 0.5) is 5.69 Å². The third-order valence-corrected chi connectivity index (χ3v) is 3.74. The zero-order valence-corrected chi connectivity index (χ0v) is 13.1. The molecule has 7 heteroatoms. The number of aliphatic hydroxyl groups excluding tert-OH is 1. The van der Waals surface area contributed by atoms with Crippen LogP contribution in [0.1, 0.15) is 6.42 Å². The molecule has 0 spiro atoms. The van der Waals surface area contributed by atoms with Crippen LogP contribution in [0.3, 0.4) is 0 Å². The lowest BCUT2D eigenvalue weighted by Gasteiger charge is -2.19. The Bertz CT molecular complexity index is 601. The largest absolute Gasteiger partial charge is 0.511 e. The first kappa shape index (κ1) is 14.8. The van der Waals surface area contributed by atoms with E-state index in [0.717, 1.165) is 4.47 Å². The molecule has 20 heavy (non-hydrogen) atoms. The molecule has 0 unspecified atom stereocenters. The second-order valence-corrected chi connectivity index (χ2v) is 5.36. The van der Waals surface area contributed by atoms with Crippen molar-refractivity contribution in [1.82, 2.24) is 5.32 Å². The lowest BCUT2D eigenvalue weighted by molar-refractivity contribution is -0.117. The van der Waals surface area contributed by atoms with Crippen LogP contribution in [0, 0.1) is 0 Å². The molecular weight excluding hydrogens is 344 g/mol. The number of hydrogen-bond donors (Lipinski definition) is 3. The summed E-state index contributed by atoms with van der Waals surface area (Å²) < 4.78 is 6.03. The molecule has 106 valence electrons. The third-order valence-electron chi connectivity index (χ3n) is 2.81. The van der Waals surface area contributed by atoms with Crippen molar-refractivity contribution in [2.75, 3.05) is 19.0 Å². The molecule has 0 aliphatic carbocycles. The van der Waals surface area contributed by atoms with Crippen molar-refractivity contribution in [3.63, 3.8) is 0 Å². The number of anilines is 1. The molecule has 1 amide bonds. The summed E-state index contributed by atoms with van der Waals surface area (Å²) in [5.74, 6) is 0.201. The SMILES string of the molecule is COc1c(Br)cccc1NC(=S)C1=C(O)CCNC1=O. The van der Waals surface area contributed by atoms with E-state index in [-0.39, 0.29) is 22.2 Å². The van der Waals surface area contributed by atoms with E-state index in [4.69, 9.17) is 17.0 Å². The van der Waals surface area contributed by atoms with Crippen LogP contribution >= 0.6 is 28.1 Å². The number of carbonyl (C=O) groups is 1. The van der Waals surface area contributed by atoms with E-state index >= 15 is 0 Å². The average Bonchev–Trinajstić information content (AvgIpc) is 2.38. The van der Waals surface area contributed by atoms with Crippen molar-refractivity contribution in [2.45, 2.75) is 6.42 Å². The highest BCUT2D eigenvalue weighted by Gasteiger charge is 2.24. The summed E-state index contributed by atoms with van der Waals surface area (Å²) in [6, 6.07) is 5.41. The molecule has 1 aliphatic rings. The highest BCUT2D eigenvalue weighted by Crippen LogP contribution is 2.33. The molecule has 0 aromatic heterocycles. The normalized spacial score (nSPS) is 14.8. The number of amides is 1. The Kier molecular flexibility index (Phi) is 4.61. The van der Waals surface area contributed by atoms with E-state index in [0.29, 0.717) is 24.4 Å². The zero-order valence-electron chi connectivity index (χ0n) is 10.7. The van der Waals surface area contributed by atoms with Crippen molar-refractivity contribution >= 4 is 44.7 Å². The van der Waals surface area contributed by atoms with E-state index in [1.807, 2.05) is 12.1 Å². The van der Waals surface area contributed by atoms with E-state index in [1.165, 1.54) is 0 Å². The topological polar surface area (TPSA) is 70.6 Å². The Morgan fingerprint density at radius 3 is 2.95 bits per heavy atom. The van der Waals surface area contributed by atoms with Crippen molar-refractivity contribution in [2.24, 2.45) is 0 Å². The standard InChI is InChI=1S/C13H13BrN2O3S/c1-19-11-7(14)3-2-4-8(11)16-13(20)10-9(17)5-6-15-12(10)18/h2-4,17H,5-6H2,1H3,(H,15,18)(H,16,20). The minimum Gasteiger partial charge on any atom is -0.511 e. The fourth-order valence-corrected chi connectivity index (χ4v) is 2.72. The summed E-state index contributed by atoms with van der Waals surface area (Å²) >= 11 is 8.57. The number of carbonyl (C=O) groups excluding carboxylic acids is 1. The van der Waals surface area contributed by atoms with Crippen LogP contribution in [0.5, 0.6) is 5.75 Å². The molecule has 0 saturated heterocycles. The predicted octanol–water partition coefficient (Wildman–Crippen LogP) is 2.53. The van der Waals surface area contributed by atoms with Gasteiger partial charge in [-0.3, -0.25) is 4.79 Å². The second-order valence-electron chi connectivity index (χ2n) is 4.10. The van der Waals surface area contributed by atoms with Gasteiger partial charge in [0.2, 0.25) is 0 Å². The highest BCUT2D eigenvalue weighted by molar-refractivity contribution is 9.10. The van der Waals surface area contributed by atoms with Gasteiger partial charge in [-0.25, -0.2) is 0 Å². The molecule has 5 nitrogen and oxygen atoms in total. The monoisotopic (exact) mass is 356 g/mol. The quantitative estimate of drug-likeness (QED) is 0.726. The van der Waals surface area contributed by atoms with Crippen LogP contribution in [0.25, 0.3) is 0 Å². The Morgan fingerprint density at radius 2 is 2.30 bits per heavy atom. The van der Waals surface area contributed by atoms with Gasteiger partial charge >= 0.3 is 0 Å². The predicted molar refractivity (Wildman–Crippen MR) is 84.2 cm³/mol. The fraction of sp³-hybridized carbons (Fsp3) is 0.231. The van der Waals surface area contributed by atoms with Crippen molar-refractivity contribution in [3.05, 3.63) is 34.0 Å². The summed E-state index contributed by atoms with van der Waals surface area (Å²) in [4.78, 5) is 11.9. The van der Waals surface area contributed by atoms with Gasteiger partial charge in [0.1, 0.15) is 16.3 Å². The average molecular weight is 357 g/mol. The van der Waals surface area contributed by atoms with Gasteiger partial charge in [-0.1, -0.05) is 18.3 Å². The number of nitrogens with one attached hydrogen (secondary N) is 2. The van der Waals surface area contributed by atoms with Crippen LogP contribution in [-0.2, 0) is 4.79 Å². The number of thiocarbonyl (C=S) groups is 1. The summed E-state index contributed by atoms with van der Waals surface area (Å²) in [5, 5.41) is 15.4. The maximum absolute atomic E-state index is 11.8. The fourth-order valence-electron chi connectivity index (χ4n) is 1.87. The van der Waals surface area contributed by atoms with E-state index in [9.17, 15) is 9.90 Å². The number of hydrogen-bond acceptors (Lipinski definition) is 4. The Hall–Kier alpha value is -1.60. The van der Waals surface area contributed by atoms with Gasteiger partial charge in [0.15, 0.2) is 5.75 Å². The Morgan fingerprint density at radius 1 is 1.55 bits per heavy atom. The van der Waals surface area contributed by atoms with Gasteiger partial charge in [-0.15, -0.1) is 0 Å². The van der Waals surface area contributed by atoms with Gasteiger partial charge in [0.05, 0.1) is 17.3 Å². The van der Waals surface area contributed by atoms with Crippen LogP contribution in [-0.4, -0.2) is 29.7 Å². The van der Waals surface area contributed by atoms with Crippen LogP contribution in [0.15, 0.2) is 34.0 Å². The number of rotatable bonds is 3. The molecule has 0 fully saturated rings. The molecule has 1 aromatic carbocycles. The van der Waals surface area contributed by atoms with Crippen LogP contribution in [0.2, 0.25) is 0 Å². The Labute approximate surface area is 130 Å². The zero-order chi connectivity index (χ0) is 14.7. The van der Waals surface area contributed by atoms with Gasteiger partial charge in [0, 0.05) is 13.0 Å². The lowest BCUT2D eigenvalue weighted by atomic mass is 10.1. The summed E-state index contributed by atoms with van der Waals surface area (Å²) in [6.45, 7) is 0.414. The van der Waals surface area contributed by atoms with Crippen molar-refractivity contribution < 1.29 is 14.6 Å². The smallest absolute Gasteiger partial charge is 0.257 e. The molecule has 0 bridgehead atoms. The molecule has 1 aliphatic heterocycles. The van der Waals surface area contributed by atoms with E-state index < -0.39 is 0 Å². The minimum atomic E-state index is -0.375. The number of para-hydroxylation sites is 1. The van der Waals surface area contributed by atoms with Gasteiger partial charge < -0.3 is 20.5 Å². The molecule has 0 saturated carbocycles. The number of halogens is 1. The molecule has 0 atom stereocenters. The molecular formula is C13H13BrN2O3S. The van der Waals surface area contributed by atoms with E-state index in [1.54, 1.807) is 13.2 Å². The molecule has 1 heterocycles. The number of ether oxygens (including phenoxy) is 1. The first-order valence-corrected chi connectivity index (χ1v) is 7.09. The molecule has 1 aromatic rings. The minimum absolute atomic E-state index is 0.000198. The van der Waals surface area contributed by atoms with Crippen LogP contribution < -0.4 is 15.4 Å². The van der Waals surface area contributed by atoms with E-state index in [2.05, 4.69) is 26.6 Å². The Balaban J connectivity index is 2.29. The highest BCUT2D eigenvalue weighted by atomic mass is 79.9. The number of benzene rings is 1. The van der Waals surface area contributed by atoms with Gasteiger partial charge in [-0.2, -0.15) is 0 Å². The van der Waals surface area contributed by atoms with Crippen molar-refractivity contribution in [3.8, 4) is 5.75 Å². The molecule has 2 rings (SSSR count). The third kappa shape index (κ3) is 2.94. The van der Waals surface area contributed by atoms with Crippen molar-refractivity contribution in [1.29, 1.82) is 0 Å². The van der Waals surface area contributed by atoms with Gasteiger partial charge in [-0.05, 0) is 28.1 Å². The second kappa shape index (κ2) is 6.23.